The molecule has 1 saturated heterocycles. The summed E-state index contributed by atoms with van der Waals surface area (Å²) in [7, 11) is 0. The number of rotatable bonds is 3. The van der Waals surface area contributed by atoms with Gasteiger partial charge in [0.2, 0.25) is 5.95 Å². The summed E-state index contributed by atoms with van der Waals surface area (Å²) in [6, 6.07) is 0.153. The number of carboxylic acids is 1. The molecular weight excluding hydrogens is 288 g/mol. The minimum Gasteiger partial charge on any atom is -0.480 e. The van der Waals surface area contributed by atoms with Crippen LogP contribution in [0.3, 0.4) is 0 Å². The third-order valence-corrected chi connectivity index (χ3v) is 3.18. The Labute approximate surface area is 119 Å². The normalized spacial score (nSPS) is 21.8. The molecule has 8 nitrogen and oxygen atoms in total. The van der Waals surface area contributed by atoms with Crippen molar-refractivity contribution in [3.63, 3.8) is 0 Å². The Hall–Kier alpha value is -2.09. The van der Waals surface area contributed by atoms with Crippen molar-refractivity contribution in [2.45, 2.75) is 25.4 Å². The van der Waals surface area contributed by atoms with Gasteiger partial charge in [-0.25, -0.2) is 19.6 Å². The molecule has 2 heterocycles. The summed E-state index contributed by atoms with van der Waals surface area (Å²) in [5.74, 6) is -0.906. The molecule has 0 saturated carbocycles. The van der Waals surface area contributed by atoms with E-state index in [0.29, 0.717) is 5.69 Å². The lowest BCUT2D eigenvalue weighted by Crippen LogP contribution is -2.39. The second kappa shape index (κ2) is 5.49. The van der Waals surface area contributed by atoms with E-state index in [9.17, 15) is 9.59 Å². The van der Waals surface area contributed by atoms with Gasteiger partial charge in [-0.3, -0.25) is 4.90 Å². The number of hydrogen-bond donors (Lipinski definition) is 3. The molecule has 1 aliphatic heterocycles. The summed E-state index contributed by atoms with van der Waals surface area (Å²) in [5, 5.41) is 21.2. The molecule has 0 spiro atoms. The standard InChI is InChI=1S/C11H13ClN4O4/c1-5-2-8(12)15-10(13-5)14-6-3-7(9(17)18)16(4-6)11(19)20/h2,6-7H,3-4H2,1H3,(H,17,18)(H,19,20)(H,13,14,15)/t6-,7-/m0/s1. The highest BCUT2D eigenvalue weighted by atomic mass is 35.5. The van der Waals surface area contributed by atoms with Gasteiger partial charge in [0.15, 0.2) is 0 Å². The minimum atomic E-state index is -1.26. The fourth-order valence-electron chi connectivity index (χ4n) is 2.16. The molecule has 20 heavy (non-hydrogen) atoms. The number of hydrogen-bond acceptors (Lipinski definition) is 5. The summed E-state index contributed by atoms with van der Waals surface area (Å²) in [6.45, 7) is 1.80. The predicted molar refractivity (Wildman–Crippen MR) is 70.0 cm³/mol. The highest BCUT2D eigenvalue weighted by molar-refractivity contribution is 6.29. The minimum absolute atomic E-state index is 0.0568. The average Bonchev–Trinajstić information content (AvgIpc) is 2.71. The average molecular weight is 301 g/mol. The van der Waals surface area contributed by atoms with E-state index in [-0.39, 0.29) is 30.1 Å². The van der Waals surface area contributed by atoms with E-state index < -0.39 is 18.1 Å². The Balaban J connectivity index is 2.11. The van der Waals surface area contributed by atoms with E-state index in [0.717, 1.165) is 4.90 Å². The fraction of sp³-hybridized carbons (Fsp3) is 0.455. The number of carboxylic acid groups (broad SMARTS) is 2. The first-order valence-corrected chi connectivity index (χ1v) is 6.24. The molecule has 1 aliphatic rings. The highest BCUT2D eigenvalue weighted by Gasteiger charge is 2.40. The van der Waals surface area contributed by atoms with Crippen LogP contribution in [0.4, 0.5) is 10.7 Å². The van der Waals surface area contributed by atoms with E-state index in [4.69, 9.17) is 21.8 Å². The van der Waals surface area contributed by atoms with Crippen molar-refractivity contribution in [1.82, 2.24) is 14.9 Å². The Morgan fingerprint density at radius 3 is 2.65 bits per heavy atom. The summed E-state index contributed by atoms with van der Waals surface area (Å²) in [5.41, 5.74) is 0.662. The molecule has 108 valence electrons. The van der Waals surface area contributed by atoms with Gasteiger partial charge in [-0.1, -0.05) is 11.6 Å². The molecule has 9 heteroatoms. The molecule has 0 aliphatic carbocycles. The van der Waals surface area contributed by atoms with Gasteiger partial charge in [-0.05, 0) is 13.0 Å². The molecule has 0 bridgehead atoms. The Kier molecular flexibility index (Phi) is 3.93. The van der Waals surface area contributed by atoms with Crippen LogP contribution in [0.1, 0.15) is 12.1 Å². The molecule has 3 N–H and O–H groups in total. The molecule has 0 unspecified atom stereocenters. The van der Waals surface area contributed by atoms with Gasteiger partial charge in [0.05, 0.1) is 0 Å². The van der Waals surface area contributed by atoms with Crippen molar-refractivity contribution < 1.29 is 19.8 Å². The Bertz CT molecular complexity index is 511. The molecule has 2 rings (SSSR count). The van der Waals surface area contributed by atoms with Gasteiger partial charge in [0.1, 0.15) is 11.2 Å². The summed E-state index contributed by atoms with van der Waals surface area (Å²) >= 11 is 5.80. The van der Waals surface area contributed by atoms with Crippen LogP contribution < -0.4 is 5.32 Å². The Morgan fingerprint density at radius 2 is 2.15 bits per heavy atom. The summed E-state index contributed by atoms with van der Waals surface area (Å²) < 4.78 is 0. The molecule has 1 fully saturated rings. The van der Waals surface area contributed by atoms with Crippen LogP contribution in [-0.4, -0.2) is 55.8 Å². The van der Waals surface area contributed by atoms with Crippen molar-refractivity contribution in [2.75, 3.05) is 11.9 Å². The maximum Gasteiger partial charge on any atom is 0.408 e. The van der Waals surface area contributed by atoms with Gasteiger partial charge in [-0.2, -0.15) is 0 Å². The molecule has 1 aromatic rings. The lowest BCUT2D eigenvalue weighted by atomic mass is 10.2. The largest absolute Gasteiger partial charge is 0.480 e. The van der Waals surface area contributed by atoms with Gasteiger partial charge >= 0.3 is 12.1 Å². The lowest BCUT2D eigenvalue weighted by Gasteiger charge is -2.16. The first-order chi connectivity index (χ1) is 9.36. The number of amides is 1. The van der Waals surface area contributed by atoms with E-state index >= 15 is 0 Å². The number of anilines is 1. The van der Waals surface area contributed by atoms with E-state index in [1.54, 1.807) is 13.0 Å². The van der Waals surface area contributed by atoms with Crippen LogP contribution in [0.15, 0.2) is 6.07 Å². The number of likely N-dealkylation sites (tertiary alicyclic amines) is 1. The van der Waals surface area contributed by atoms with Gasteiger partial charge in [0.25, 0.3) is 0 Å². The smallest absolute Gasteiger partial charge is 0.408 e. The number of aromatic nitrogens is 2. The van der Waals surface area contributed by atoms with E-state index in [1.165, 1.54) is 0 Å². The topological polar surface area (TPSA) is 116 Å². The zero-order valence-electron chi connectivity index (χ0n) is 10.6. The zero-order valence-corrected chi connectivity index (χ0v) is 11.3. The number of aliphatic carboxylic acids is 1. The first kappa shape index (κ1) is 14.3. The molecule has 1 aromatic heterocycles. The lowest BCUT2D eigenvalue weighted by molar-refractivity contribution is -0.141. The van der Waals surface area contributed by atoms with Crippen LogP contribution in [-0.2, 0) is 4.79 Å². The SMILES string of the molecule is Cc1cc(Cl)nc(N[C@H]2C[C@@H](C(=O)O)N(C(=O)O)C2)n1. The second-order valence-electron chi connectivity index (χ2n) is 4.52. The third kappa shape index (κ3) is 3.08. The van der Waals surface area contributed by atoms with Crippen LogP contribution in [0.5, 0.6) is 0 Å². The third-order valence-electron chi connectivity index (χ3n) is 2.99. The summed E-state index contributed by atoms with van der Waals surface area (Å²) in [6.07, 6.45) is -1.11. The predicted octanol–water partition coefficient (Wildman–Crippen LogP) is 1.06. The van der Waals surface area contributed by atoms with Crippen molar-refractivity contribution in [1.29, 1.82) is 0 Å². The number of nitrogens with one attached hydrogen (secondary N) is 1. The molecule has 1 amide bonds. The quantitative estimate of drug-likeness (QED) is 0.715. The van der Waals surface area contributed by atoms with Crippen LogP contribution in [0.25, 0.3) is 0 Å². The first-order valence-electron chi connectivity index (χ1n) is 5.87. The Morgan fingerprint density at radius 1 is 1.45 bits per heavy atom. The second-order valence-corrected chi connectivity index (χ2v) is 4.91. The number of carbonyl (C=O) groups is 2. The van der Waals surface area contributed by atoms with Gasteiger partial charge < -0.3 is 15.5 Å². The summed E-state index contributed by atoms with van der Waals surface area (Å²) in [4.78, 5) is 31.0. The van der Waals surface area contributed by atoms with Gasteiger partial charge in [0, 0.05) is 24.7 Å². The molecule has 2 atom stereocenters. The number of aryl methyl sites for hydroxylation is 1. The van der Waals surface area contributed by atoms with Crippen LogP contribution >= 0.6 is 11.6 Å². The molecule has 0 aromatic carbocycles. The van der Waals surface area contributed by atoms with Crippen molar-refractivity contribution >= 4 is 29.6 Å². The number of halogens is 1. The van der Waals surface area contributed by atoms with Gasteiger partial charge in [-0.15, -0.1) is 0 Å². The van der Waals surface area contributed by atoms with Crippen molar-refractivity contribution in [3.05, 3.63) is 16.9 Å². The fourth-order valence-corrected chi connectivity index (χ4v) is 2.40. The zero-order chi connectivity index (χ0) is 14.9. The monoisotopic (exact) mass is 300 g/mol. The molecule has 0 radical (unpaired) electrons. The maximum absolute atomic E-state index is 11.0. The van der Waals surface area contributed by atoms with E-state index in [2.05, 4.69) is 15.3 Å². The van der Waals surface area contributed by atoms with Crippen LogP contribution in [0, 0.1) is 6.92 Å². The van der Waals surface area contributed by atoms with Crippen LogP contribution in [0.2, 0.25) is 5.15 Å². The van der Waals surface area contributed by atoms with Crippen molar-refractivity contribution in [2.24, 2.45) is 0 Å². The highest BCUT2D eigenvalue weighted by Crippen LogP contribution is 2.21. The molecular formula is C11H13ClN4O4. The van der Waals surface area contributed by atoms with E-state index in [1.807, 2.05) is 0 Å². The number of nitrogens with zero attached hydrogens (tertiary/aromatic N) is 3. The maximum atomic E-state index is 11.0. The van der Waals surface area contributed by atoms with Crippen molar-refractivity contribution in [3.8, 4) is 0 Å².